The highest BCUT2D eigenvalue weighted by atomic mass is 16.5. The van der Waals surface area contributed by atoms with Crippen LogP contribution in [0.1, 0.15) is 13.8 Å². The molecule has 3 N–H and O–H groups in total. The number of nitrogens with one attached hydrogen (secondary N) is 1. The second-order valence-corrected chi connectivity index (χ2v) is 4.30. The quantitative estimate of drug-likeness (QED) is 0.575. The number of methoxy groups -OCH3 is 1. The van der Waals surface area contributed by atoms with E-state index in [9.17, 15) is 4.79 Å². The third-order valence-electron chi connectivity index (χ3n) is 3.04. The van der Waals surface area contributed by atoms with E-state index in [1.165, 1.54) is 0 Å². The van der Waals surface area contributed by atoms with E-state index in [0.717, 1.165) is 5.69 Å². The van der Waals surface area contributed by atoms with Gasteiger partial charge in [0.2, 0.25) is 5.91 Å². The lowest BCUT2D eigenvalue weighted by Crippen LogP contribution is -2.46. The van der Waals surface area contributed by atoms with Crippen molar-refractivity contribution < 1.29 is 9.53 Å². The Morgan fingerprint density at radius 2 is 2.16 bits per heavy atom. The molecule has 0 saturated carbocycles. The van der Waals surface area contributed by atoms with E-state index in [-0.39, 0.29) is 11.9 Å². The molecule has 1 atom stereocenters. The van der Waals surface area contributed by atoms with Crippen LogP contribution < -0.4 is 16.0 Å². The first-order chi connectivity index (χ1) is 9.11. The number of hydrogen-bond donors (Lipinski definition) is 2. The van der Waals surface area contributed by atoms with Crippen LogP contribution in [0.2, 0.25) is 0 Å². The first-order valence-corrected chi connectivity index (χ1v) is 6.49. The Balaban J connectivity index is 2.74. The number of ether oxygens (including phenoxy) is 1. The Hall–Kier alpha value is -1.75. The number of nitrogens with two attached hydrogens (primary N) is 1. The van der Waals surface area contributed by atoms with Gasteiger partial charge < -0.3 is 20.7 Å². The van der Waals surface area contributed by atoms with Crippen LogP contribution in [-0.4, -0.2) is 38.8 Å². The normalized spacial score (nSPS) is 11.9. The topological polar surface area (TPSA) is 67.6 Å². The number of likely N-dealkylation sites (N-methyl/N-ethyl adjacent to an activating group) is 1. The van der Waals surface area contributed by atoms with Crippen LogP contribution in [0.15, 0.2) is 24.3 Å². The summed E-state index contributed by atoms with van der Waals surface area (Å²) in [6.07, 6.45) is 0. The van der Waals surface area contributed by atoms with Gasteiger partial charge in [-0.05, 0) is 26.0 Å². The maximum Gasteiger partial charge on any atom is 0.242 e. The van der Waals surface area contributed by atoms with Crippen molar-refractivity contribution in [3.63, 3.8) is 0 Å². The van der Waals surface area contributed by atoms with E-state index in [1.807, 2.05) is 43.0 Å². The van der Waals surface area contributed by atoms with Crippen molar-refractivity contribution in [2.24, 2.45) is 0 Å². The molecular weight excluding hydrogens is 242 g/mol. The minimum Gasteiger partial charge on any atom is -0.397 e. The molecule has 0 radical (unpaired) electrons. The Labute approximate surface area is 114 Å². The largest absolute Gasteiger partial charge is 0.397 e. The fraction of sp³-hybridized carbons (Fsp3) is 0.500. The van der Waals surface area contributed by atoms with Gasteiger partial charge in [0.15, 0.2) is 0 Å². The summed E-state index contributed by atoms with van der Waals surface area (Å²) in [4.78, 5) is 14.0. The lowest BCUT2D eigenvalue weighted by molar-refractivity contribution is -0.122. The zero-order valence-electron chi connectivity index (χ0n) is 11.8. The number of carbonyl (C=O) groups excluding carboxylic acids is 1. The van der Waals surface area contributed by atoms with Gasteiger partial charge in [0.25, 0.3) is 0 Å². The molecule has 19 heavy (non-hydrogen) atoms. The lowest BCUT2D eigenvalue weighted by atomic mass is 10.2. The molecular formula is C14H23N3O2. The number of nitrogens with zero attached hydrogens (tertiary/aromatic N) is 1. The number of hydrogen-bond acceptors (Lipinski definition) is 4. The zero-order valence-corrected chi connectivity index (χ0v) is 11.8. The smallest absolute Gasteiger partial charge is 0.242 e. The predicted octanol–water partition coefficient (Wildman–Crippen LogP) is 1.25. The molecule has 0 saturated heterocycles. The van der Waals surface area contributed by atoms with Crippen molar-refractivity contribution in [3.05, 3.63) is 24.3 Å². The standard InChI is InChI=1S/C14H23N3O2/c1-4-17(13-8-6-5-7-12(13)15)11(2)14(18)16-9-10-19-3/h5-8,11H,4,9-10,15H2,1-3H3,(H,16,18). The van der Waals surface area contributed by atoms with Gasteiger partial charge >= 0.3 is 0 Å². The minimum absolute atomic E-state index is 0.0258. The lowest BCUT2D eigenvalue weighted by Gasteiger charge is -2.30. The molecule has 5 nitrogen and oxygen atoms in total. The number of amides is 1. The van der Waals surface area contributed by atoms with Crippen molar-refractivity contribution in [3.8, 4) is 0 Å². The van der Waals surface area contributed by atoms with Crippen molar-refractivity contribution in [1.82, 2.24) is 5.32 Å². The molecule has 0 aliphatic carbocycles. The predicted molar refractivity (Wildman–Crippen MR) is 78.2 cm³/mol. The summed E-state index contributed by atoms with van der Waals surface area (Å²) in [7, 11) is 1.61. The Bertz CT molecular complexity index is 409. The first-order valence-electron chi connectivity index (χ1n) is 6.49. The fourth-order valence-electron chi connectivity index (χ4n) is 1.97. The van der Waals surface area contributed by atoms with Crippen LogP contribution in [0.3, 0.4) is 0 Å². The van der Waals surface area contributed by atoms with E-state index >= 15 is 0 Å². The average Bonchev–Trinajstić information content (AvgIpc) is 2.41. The minimum atomic E-state index is -0.272. The van der Waals surface area contributed by atoms with Crippen molar-refractivity contribution in [2.45, 2.75) is 19.9 Å². The molecule has 1 aromatic rings. The molecule has 0 bridgehead atoms. The zero-order chi connectivity index (χ0) is 14.3. The van der Waals surface area contributed by atoms with E-state index in [4.69, 9.17) is 10.5 Å². The molecule has 1 amide bonds. The highest BCUT2D eigenvalue weighted by Gasteiger charge is 2.21. The average molecular weight is 265 g/mol. The number of carbonyl (C=O) groups is 1. The molecule has 5 heteroatoms. The molecule has 0 heterocycles. The maximum absolute atomic E-state index is 12.1. The van der Waals surface area contributed by atoms with Gasteiger partial charge in [0.1, 0.15) is 6.04 Å². The molecule has 0 fully saturated rings. The van der Waals surface area contributed by atoms with Crippen LogP contribution in [0.4, 0.5) is 11.4 Å². The summed E-state index contributed by atoms with van der Waals surface area (Å²) in [5.41, 5.74) is 7.53. The van der Waals surface area contributed by atoms with Gasteiger partial charge in [-0.1, -0.05) is 12.1 Å². The monoisotopic (exact) mass is 265 g/mol. The maximum atomic E-state index is 12.1. The Kier molecular flexibility index (Phi) is 6.15. The van der Waals surface area contributed by atoms with Gasteiger partial charge in [-0.25, -0.2) is 0 Å². The number of benzene rings is 1. The second kappa shape index (κ2) is 7.63. The highest BCUT2D eigenvalue weighted by molar-refractivity contribution is 5.86. The first kappa shape index (κ1) is 15.3. The van der Waals surface area contributed by atoms with E-state index in [1.54, 1.807) is 7.11 Å². The molecule has 1 rings (SSSR count). The number of rotatable bonds is 7. The number of nitrogen functional groups attached to an aromatic ring is 1. The van der Waals surface area contributed by atoms with Crippen LogP contribution in [-0.2, 0) is 9.53 Å². The third-order valence-corrected chi connectivity index (χ3v) is 3.04. The molecule has 106 valence electrons. The molecule has 0 aliphatic rings. The summed E-state index contributed by atoms with van der Waals surface area (Å²) < 4.78 is 4.91. The molecule has 1 unspecified atom stereocenters. The van der Waals surface area contributed by atoms with Gasteiger partial charge in [-0.2, -0.15) is 0 Å². The van der Waals surface area contributed by atoms with Gasteiger partial charge in [0, 0.05) is 20.2 Å². The summed E-state index contributed by atoms with van der Waals surface area (Å²) in [5, 5.41) is 2.84. The van der Waals surface area contributed by atoms with E-state index < -0.39 is 0 Å². The molecule has 0 aliphatic heterocycles. The van der Waals surface area contributed by atoms with Crippen LogP contribution in [0.5, 0.6) is 0 Å². The van der Waals surface area contributed by atoms with E-state index in [0.29, 0.717) is 25.4 Å². The van der Waals surface area contributed by atoms with Crippen molar-refractivity contribution in [2.75, 3.05) is 37.4 Å². The van der Waals surface area contributed by atoms with Crippen LogP contribution in [0.25, 0.3) is 0 Å². The van der Waals surface area contributed by atoms with Crippen LogP contribution >= 0.6 is 0 Å². The van der Waals surface area contributed by atoms with Gasteiger partial charge in [-0.3, -0.25) is 4.79 Å². The molecule has 0 aromatic heterocycles. The van der Waals surface area contributed by atoms with Crippen LogP contribution in [0, 0.1) is 0 Å². The van der Waals surface area contributed by atoms with Crippen molar-refractivity contribution in [1.29, 1.82) is 0 Å². The van der Waals surface area contributed by atoms with Gasteiger partial charge in [0.05, 0.1) is 18.0 Å². The van der Waals surface area contributed by atoms with Crippen molar-refractivity contribution >= 4 is 17.3 Å². The Morgan fingerprint density at radius 1 is 1.47 bits per heavy atom. The third kappa shape index (κ3) is 4.13. The molecule has 0 spiro atoms. The molecule has 1 aromatic carbocycles. The van der Waals surface area contributed by atoms with Gasteiger partial charge in [-0.15, -0.1) is 0 Å². The number of para-hydroxylation sites is 2. The summed E-state index contributed by atoms with van der Waals surface area (Å²) in [6, 6.07) is 7.30. The summed E-state index contributed by atoms with van der Waals surface area (Å²) >= 11 is 0. The summed E-state index contributed by atoms with van der Waals surface area (Å²) in [5.74, 6) is -0.0258. The number of anilines is 2. The fourth-order valence-corrected chi connectivity index (χ4v) is 1.97. The SMILES string of the molecule is CCN(c1ccccc1N)C(C)C(=O)NCCOC. The second-order valence-electron chi connectivity index (χ2n) is 4.30. The Morgan fingerprint density at radius 3 is 2.74 bits per heavy atom. The van der Waals surface area contributed by atoms with E-state index in [2.05, 4.69) is 5.32 Å². The summed E-state index contributed by atoms with van der Waals surface area (Å²) in [6.45, 7) is 5.62. The highest BCUT2D eigenvalue weighted by Crippen LogP contribution is 2.24.